The van der Waals surface area contributed by atoms with Crippen molar-refractivity contribution in [3.05, 3.63) is 93.8 Å². The van der Waals surface area contributed by atoms with Gasteiger partial charge in [-0.3, -0.25) is 9.59 Å². The van der Waals surface area contributed by atoms with Crippen LogP contribution in [0.2, 0.25) is 0 Å². The molecule has 0 spiro atoms. The van der Waals surface area contributed by atoms with Gasteiger partial charge in [0.05, 0.1) is 0 Å². The van der Waals surface area contributed by atoms with Crippen LogP contribution < -0.4 is 10.1 Å². The third-order valence-electron chi connectivity index (χ3n) is 5.72. The lowest BCUT2D eigenvalue weighted by Crippen LogP contribution is -2.38. The number of allylic oxidation sites excluding steroid dienone is 2. The van der Waals surface area contributed by atoms with Crippen LogP contribution in [0, 0.1) is 0 Å². The normalized spacial score (nSPS) is 21.2. The van der Waals surface area contributed by atoms with E-state index in [4.69, 9.17) is 4.74 Å². The molecule has 0 fully saturated rings. The van der Waals surface area contributed by atoms with Crippen molar-refractivity contribution in [1.82, 2.24) is 5.32 Å². The van der Waals surface area contributed by atoms with Gasteiger partial charge in [-0.05, 0) is 47.7 Å². The monoisotopic (exact) mass is 415 g/mol. The average molecular weight is 416 g/mol. The van der Waals surface area contributed by atoms with Crippen molar-refractivity contribution in [1.29, 1.82) is 0 Å². The fourth-order valence-electron chi connectivity index (χ4n) is 4.39. The largest absolute Gasteiger partial charge is 0.457 e. The number of hydrogen-bond acceptors (Lipinski definition) is 4. The van der Waals surface area contributed by atoms with Crippen LogP contribution in [-0.2, 0) is 9.59 Å². The van der Waals surface area contributed by atoms with Gasteiger partial charge in [-0.2, -0.15) is 0 Å². The highest BCUT2D eigenvalue weighted by Gasteiger charge is 2.38. The van der Waals surface area contributed by atoms with Crippen LogP contribution in [0.3, 0.4) is 0 Å². The molecule has 0 radical (unpaired) electrons. The van der Waals surface area contributed by atoms with E-state index in [1.165, 1.54) is 4.88 Å². The van der Waals surface area contributed by atoms with Gasteiger partial charge in [0, 0.05) is 40.8 Å². The lowest BCUT2D eigenvalue weighted by atomic mass is 9.74. The van der Waals surface area contributed by atoms with E-state index >= 15 is 0 Å². The Hall–Kier alpha value is -3.18. The van der Waals surface area contributed by atoms with Crippen molar-refractivity contribution in [2.45, 2.75) is 31.1 Å². The third-order valence-corrected chi connectivity index (χ3v) is 6.76. The van der Waals surface area contributed by atoms with Gasteiger partial charge >= 0.3 is 0 Å². The van der Waals surface area contributed by atoms with E-state index in [1.807, 2.05) is 66.0 Å². The van der Waals surface area contributed by atoms with Gasteiger partial charge in [0.2, 0.25) is 5.91 Å². The number of ether oxygens (including phenoxy) is 1. The molecule has 2 atom stereocenters. The zero-order valence-electron chi connectivity index (χ0n) is 16.3. The molecule has 1 aromatic heterocycles. The fourth-order valence-corrected chi connectivity index (χ4v) is 5.22. The van der Waals surface area contributed by atoms with Crippen LogP contribution in [0.4, 0.5) is 0 Å². The molecule has 0 unspecified atom stereocenters. The minimum atomic E-state index is -0.232. The maximum absolute atomic E-state index is 13.2. The van der Waals surface area contributed by atoms with Crippen molar-refractivity contribution in [3.8, 4) is 11.5 Å². The van der Waals surface area contributed by atoms with Crippen LogP contribution in [0.25, 0.3) is 0 Å². The number of hydrogen-bond donors (Lipinski definition) is 1. The highest BCUT2D eigenvalue weighted by atomic mass is 32.1. The lowest BCUT2D eigenvalue weighted by Gasteiger charge is -2.34. The molecule has 5 rings (SSSR count). The summed E-state index contributed by atoms with van der Waals surface area (Å²) in [6, 6.07) is 21.4. The van der Waals surface area contributed by atoms with Gasteiger partial charge in [0.15, 0.2) is 5.78 Å². The number of benzene rings is 2. The molecule has 2 aliphatic rings. The summed E-state index contributed by atoms with van der Waals surface area (Å²) in [4.78, 5) is 26.9. The minimum absolute atomic E-state index is 0.0345. The molecule has 150 valence electrons. The molecular weight excluding hydrogens is 394 g/mol. The highest BCUT2D eigenvalue weighted by molar-refractivity contribution is 7.10. The summed E-state index contributed by atoms with van der Waals surface area (Å²) in [6.07, 6.45) is 1.47. The number of para-hydroxylation sites is 1. The molecule has 2 heterocycles. The van der Waals surface area contributed by atoms with Crippen LogP contribution in [0.15, 0.2) is 83.4 Å². The summed E-state index contributed by atoms with van der Waals surface area (Å²) in [7, 11) is 0. The Bertz CT molecular complexity index is 1120. The quantitative estimate of drug-likeness (QED) is 0.608. The van der Waals surface area contributed by atoms with E-state index in [0.29, 0.717) is 18.6 Å². The second-order valence-electron chi connectivity index (χ2n) is 7.73. The summed E-state index contributed by atoms with van der Waals surface area (Å²) in [5.41, 5.74) is 2.49. The van der Waals surface area contributed by atoms with Gasteiger partial charge in [-0.1, -0.05) is 36.4 Å². The molecule has 4 nitrogen and oxygen atoms in total. The fraction of sp³-hybridized carbons (Fsp3) is 0.200. The number of thiophene rings is 1. The Morgan fingerprint density at radius 1 is 0.867 bits per heavy atom. The molecule has 0 saturated carbocycles. The van der Waals surface area contributed by atoms with Gasteiger partial charge < -0.3 is 10.1 Å². The number of carbonyl (C=O) groups excluding carboxylic acids is 2. The summed E-state index contributed by atoms with van der Waals surface area (Å²) in [6.45, 7) is 0. The van der Waals surface area contributed by atoms with Gasteiger partial charge in [0.25, 0.3) is 0 Å². The van der Waals surface area contributed by atoms with Crippen LogP contribution in [0.1, 0.15) is 41.5 Å². The minimum Gasteiger partial charge on any atom is -0.457 e. The summed E-state index contributed by atoms with van der Waals surface area (Å²) >= 11 is 1.67. The molecule has 1 amide bonds. The number of ketones is 1. The standard InChI is InChI=1S/C25H21NO3S/c27-22-14-17(23-10-5-11-30-23)13-21-25(22)20(15-24(28)26-21)16-6-4-9-19(12-16)29-18-7-2-1-3-8-18/h1-12,17,20H,13-15H2,(H,26,28)/t17-,20-/m1/s1. The van der Waals surface area contributed by atoms with Crippen LogP contribution in [-0.4, -0.2) is 11.7 Å². The van der Waals surface area contributed by atoms with E-state index in [2.05, 4.69) is 11.4 Å². The van der Waals surface area contributed by atoms with Crippen LogP contribution in [0.5, 0.6) is 11.5 Å². The second kappa shape index (κ2) is 7.92. The van der Waals surface area contributed by atoms with Crippen molar-refractivity contribution in [3.63, 3.8) is 0 Å². The first kappa shape index (κ1) is 18.8. The first-order valence-electron chi connectivity index (χ1n) is 10.1. The summed E-state index contributed by atoms with van der Waals surface area (Å²) in [5, 5.41) is 5.02. The van der Waals surface area contributed by atoms with E-state index in [1.54, 1.807) is 11.3 Å². The molecule has 5 heteroatoms. The van der Waals surface area contributed by atoms with Crippen molar-refractivity contribution >= 4 is 23.0 Å². The lowest BCUT2D eigenvalue weighted by molar-refractivity contribution is -0.122. The summed E-state index contributed by atoms with van der Waals surface area (Å²) < 4.78 is 5.97. The molecule has 1 N–H and O–H groups in total. The first-order valence-corrected chi connectivity index (χ1v) is 11.0. The van der Waals surface area contributed by atoms with Gasteiger partial charge in [-0.25, -0.2) is 0 Å². The third kappa shape index (κ3) is 3.68. The molecule has 2 aromatic carbocycles. The predicted molar refractivity (Wildman–Crippen MR) is 117 cm³/mol. The number of nitrogens with one attached hydrogen (secondary N) is 1. The highest BCUT2D eigenvalue weighted by Crippen LogP contribution is 2.43. The number of rotatable bonds is 4. The Morgan fingerprint density at radius 2 is 1.70 bits per heavy atom. The maximum atomic E-state index is 13.2. The second-order valence-corrected chi connectivity index (χ2v) is 8.71. The van der Waals surface area contributed by atoms with E-state index < -0.39 is 0 Å². The molecule has 3 aromatic rings. The van der Waals surface area contributed by atoms with Crippen molar-refractivity contribution in [2.75, 3.05) is 0 Å². The number of Topliss-reactive ketones (excluding diaryl/α,β-unsaturated/α-hetero) is 1. The molecule has 30 heavy (non-hydrogen) atoms. The van der Waals surface area contributed by atoms with E-state index in [9.17, 15) is 9.59 Å². The zero-order valence-corrected chi connectivity index (χ0v) is 17.2. The average Bonchev–Trinajstić information content (AvgIpc) is 3.29. The summed E-state index contributed by atoms with van der Waals surface area (Å²) in [5.74, 6) is 1.46. The van der Waals surface area contributed by atoms with Crippen molar-refractivity contribution in [2.24, 2.45) is 0 Å². The Kier molecular flexibility index (Phi) is 4.97. The number of carbonyl (C=O) groups is 2. The van der Waals surface area contributed by atoms with E-state index in [-0.39, 0.29) is 29.9 Å². The Balaban J connectivity index is 1.47. The number of amides is 1. The first-order chi connectivity index (χ1) is 14.7. The SMILES string of the molecule is O=C1C[C@H](c2cccc(Oc3ccccc3)c2)C2=C(C[C@@H](c3cccs3)CC2=O)N1. The topological polar surface area (TPSA) is 55.4 Å². The Morgan fingerprint density at radius 3 is 2.50 bits per heavy atom. The van der Waals surface area contributed by atoms with Crippen LogP contribution >= 0.6 is 11.3 Å². The van der Waals surface area contributed by atoms with Gasteiger partial charge in [-0.15, -0.1) is 11.3 Å². The molecule has 0 bridgehead atoms. The predicted octanol–water partition coefficient (Wildman–Crippen LogP) is 5.54. The smallest absolute Gasteiger partial charge is 0.225 e. The zero-order chi connectivity index (χ0) is 20.5. The van der Waals surface area contributed by atoms with Crippen molar-refractivity contribution < 1.29 is 14.3 Å². The van der Waals surface area contributed by atoms with E-state index in [0.717, 1.165) is 22.6 Å². The molecule has 1 aliphatic heterocycles. The molecular formula is C25H21NO3S. The van der Waals surface area contributed by atoms with Gasteiger partial charge in [0.1, 0.15) is 11.5 Å². The maximum Gasteiger partial charge on any atom is 0.225 e. The molecule has 1 aliphatic carbocycles. The molecule has 0 saturated heterocycles. The Labute approximate surface area is 179 Å².